The third-order valence-corrected chi connectivity index (χ3v) is 3.51. The van der Waals surface area contributed by atoms with Gasteiger partial charge < -0.3 is 20.1 Å². The summed E-state index contributed by atoms with van der Waals surface area (Å²) in [6.45, 7) is 1.68. The number of fused-ring (bicyclic) bond motifs is 1. The van der Waals surface area contributed by atoms with Crippen LogP contribution in [0.4, 0.5) is 5.69 Å². The number of anilines is 1. The Bertz CT molecular complexity index is 661. The molecular weight excluding hydrogens is 356 g/mol. The number of benzene rings is 1. The van der Waals surface area contributed by atoms with Crippen LogP contribution in [0.15, 0.2) is 35.1 Å². The molecule has 1 aliphatic rings. The molecule has 0 atom stereocenters. The Morgan fingerprint density at radius 1 is 1.38 bits per heavy atom. The molecule has 110 valence electrons. The van der Waals surface area contributed by atoms with E-state index in [1.54, 1.807) is 6.20 Å². The number of halogens is 1. The van der Waals surface area contributed by atoms with Crippen LogP contribution >= 0.6 is 28.1 Å². The molecule has 0 saturated heterocycles. The predicted octanol–water partition coefficient (Wildman–Crippen LogP) is 2.36. The van der Waals surface area contributed by atoms with Gasteiger partial charge in [-0.25, -0.2) is 0 Å². The van der Waals surface area contributed by atoms with E-state index in [2.05, 4.69) is 31.7 Å². The number of rotatable bonds is 4. The Morgan fingerprint density at radius 3 is 3.05 bits per heavy atom. The average Bonchev–Trinajstić information content (AvgIpc) is 3.07. The van der Waals surface area contributed by atoms with Crippen molar-refractivity contribution in [1.82, 2.24) is 15.1 Å². The Hall–Kier alpha value is -1.80. The quantitative estimate of drug-likeness (QED) is 0.807. The zero-order valence-electron chi connectivity index (χ0n) is 11.0. The fraction of sp³-hybridized carbons (Fsp3) is 0.231. The smallest absolute Gasteiger partial charge is 0.231 e. The van der Waals surface area contributed by atoms with Gasteiger partial charge in [-0.2, -0.15) is 5.10 Å². The van der Waals surface area contributed by atoms with E-state index >= 15 is 0 Å². The molecule has 1 aromatic carbocycles. The average molecular weight is 369 g/mol. The summed E-state index contributed by atoms with van der Waals surface area (Å²) < 4.78 is 13.4. The van der Waals surface area contributed by atoms with Gasteiger partial charge in [-0.15, -0.1) is 0 Å². The summed E-state index contributed by atoms with van der Waals surface area (Å²) in [4.78, 5) is 0. The number of ether oxygens (including phenoxy) is 2. The molecule has 0 fully saturated rings. The van der Waals surface area contributed by atoms with Crippen molar-refractivity contribution >= 4 is 38.9 Å². The van der Waals surface area contributed by atoms with E-state index in [9.17, 15) is 0 Å². The van der Waals surface area contributed by atoms with Gasteiger partial charge in [0.15, 0.2) is 16.6 Å². The zero-order valence-corrected chi connectivity index (χ0v) is 13.4. The molecule has 0 bridgehead atoms. The van der Waals surface area contributed by atoms with E-state index < -0.39 is 0 Å². The van der Waals surface area contributed by atoms with Crippen molar-refractivity contribution in [1.29, 1.82) is 0 Å². The van der Waals surface area contributed by atoms with E-state index in [4.69, 9.17) is 21.7 Å². The normalized spacial score (nSPS) is 12.2. The third-order valence-electron chi connectivity index (χ3n) is 2.86. The first-order valence-corrected chi connectivity index (χ1v) is 7.53. The Kier molecular flexibility index (Phi) is 4.26. The van der Waals surface area contributed by atoms with Crippen LogP contribution in [-0.2, 0) is 6.54 Å². The minimum atomic E-state index is 0.265. The zero-order chi connectivity index (χ0) is 14.7. The van der Waals surface area contributed by atoms with Gasteiger partial charge in [0.2, 0.25) is 6.79 Å². The molecule has 0 aliphatic carbocycles. The Morgan fingerprint density at radius 2 is 2.24 bits per heavy atom. The first kappa shape index (κ1) is 14.2. The molecule has 1 aromatic heterocycles. The lowest BCUT2D eigenvalue weighted by Crippen LogP contribution is -2.31. The number of nitrogens with one attached hydrogen (secondary N) is 2. The van der Waals surface area contributed by atoms with Gasteiger partial charge >= 0.3 is 0 Å². The fourth-order valence-corrected chi connectivity index (χ4v) is 2.44. The first-order valence-electron chi connectivity index (χ1n) is 6.33. The maximum Gasteiger partial charge on any atom is 0.231 e. The van der Waals surface area contributed by atoms with Crippen molar-refractivity contribution in [2.24, 2.45) is 0 Å². The summed E-state index contributed by atoms with van der Waals surface area (Å²) in [6, 6.07) is 5.61. The lowest BCUT2D eigenvalue weighted by molar-refractivity contribution is 0.174. The van der Waals surface area contributed by atoms with Crippen molar-refractivity contribution < 1.29 is 9.47 Å². The van der Waals surface area contributed by atoms with Crippen LogP contribution in [-0.4, -0.2) is 28.2 Å². The molecule has 3 rings (SSSR count). The molecule has 21 heavy (non-hydrogen) atoms. The van der Waals surface area contributed by atoms with Crippen LogP contribution in [0.2, 0.25) is 0 Å². The molecule has 2 aromatic rings. The highest BCUT2D eigenvalue weighted by Gasteiger charge is 2.13. The maximum absolute atomic E-state index is 5.32. The van der Waals surface area contributed by atoms with Crippen LogP contribution in [0.1, 0.15) is 0 Å². The summed E-state index contributed by atoms with van der Waals surface area (Å²) in [5.74, 6) is 1.48. The van der Waals surface area contributed by atoms with Crippen LogP contribution < -0.4 is 20.1 Å². The van der Waals surface area contributed by atoms with Crippen LogP contribution in [0.5, 0.6) is 11.5 Å². The second kappa shape index (κ2) is 6.31. The number of nitrogens with zero attached hydrogens (tertiary/aromatic N) is 2. The van der Waals surface area contributed by atoms with Gasteiger partial charge in [0.25, 0.3) is 0 Å². The number of hydrogen-bond donors (Lipinski definition) is 2. The molecule has 8 heteroatoms. The Balaban J connectivity index is 1.48. The minimum absolute atomic E-state index is 0.265. The minimum Gasteiger partial charge on any atom is -0.454 e. The van der Waals surface area contributed by atoms with Crippen molar-refractivity contribution in [3.63, 3.8) is 0 Å². The van der Waals surface area contributed by atoms with Gasteiger partial charge in [-0.05, 0) is 40.3 Å². The predicted molar refractivity (Wildman–Crippen MR) is 86.7 cm³/mol. The van der Waals surface area contributed by atoms with E-state index in [-0.39, 0.29) is 6.79 Å². The fourth-order valence-electron chi connectivity index (χ4n) is 1.89. The topological polar surface area (TPSA) is 60.3 Å². The van der Waals surface area contributed by atoms with E-state index in [0.29, 0.717) is 11.7 Å². The second-order valence-electron chi connectivity index (χ2n) is 4.37. The SMILES string of the molecule is S=C(NCCn1cc(Br)cn1)Nc1ccc2c(c1)OCO2. The summed E-state index contributed by atoms with van der Waals surface area (Å²) in [5.41, 5.74) is 0.860. The van der Waals surface area contributed by atoms with Crippen molar-refractivity contribution in [2.75, 3.05) is 18.7 Å². The summed E-state index contributed by atoms with van der Waals surface area (Å²) >= 11 is 8.61. The number of thiocarbonyl (C=S) groups is 1. The van der Waals surface area contributed by atoms with Crippen molar-refractivity contribution in [2.45, 2.75) is 6.54 Å². The third kappa shape index (κ3) is 3.64. The molecule has 0 unspecified atom stereocenters. The molecule has 0 amide bonds. The molecule has 2 N–H and O–H groups in total. The molecule has 0 saturated carbocycles. The highest BCUT2D eigenvalue weighted by molar-refractivity contribution is 9.10. The van der Waals surface area contributed by atoms with Gasteiger partial charge in [-0.3, -0.25) is 4.68 Å². The van der Waals surface area contributed by atoms with Crippen molar-refractivity contribution in [3.8, 4) is 11.5 Å². The molecular formula is C13H13BrN4O2S. The second-order valence-corrected chi connectivity index (χ2v) is 5.69. The molecule has 0 spiro atoms. The Labute approximate surface area is 135 Å². The van der Waals surface area contributed by atoms with Crippen LogP contribution in [0.3, 0.4) is 0 Å². The largest absolute Gasteiger partial charge is 0.454 e. The lowest BCUT2D eigenvalue weighted by Gasteiger charge is -2.11. The number of aromatic nitrogens is 2. The van der Waals surface area contributed by atoms with E-state index in [1.165, 1.54) is 0 Å². The summed E-state index contributed by atoms with van der Waals surface area (Å²) in [6.07, 6.45) is 3.67. The van der Waals surface area contributed by atoms with Gasteiger partial charge in [0.05, 0.1) is 17.2 Å². The number of hydrogen-bond acceptors (Lipinski definition) is 4. The summed E-state index contributed by atoms with van der Waals surface area (Å²) in [5, 5.41) is 11.0. The van der Waals surface area contributed by atoms with E-state index in [1.807, 2.05) is 29.1 Å². The van der Waals surface area contributed by atoms with Crippen LogP contribution in [0.25, 0.3) is 0 Å². The van der Waals surface area contributed by atoms with Crippen molar-refractivity contribution in [3.05, 3.63) is 35.1 Å². The highest BCUT2D eigenvalue weighted by atomic mass is 79.9. The van der Waals surface area contributed by atoms with Gasteiger partial charge in [-0.1, -0.05) is 0 Å². The van der Waals surface area contributed by atoms with Crippen LogP contribution in [0, 0.1) is 0 Å². The molecule has 2 heterocycles. The monoisotopic (exact) mass is 368 g/mol. The van der Waals surface area contributed by atoms with Gasteiger partial charge in [0, 0.05) is 24.5 Å². The lowest BCUT2D eigenvalue weighted by atomic mass is 10.3. The molecule has 1 aliphatic heterocycles. The maximum atomic E-state index is 5.32. The highest BCUT2D eigenvalue weighted by Crippen LogP contribution is 2.34. The van der Waals surface area contributed by atoms with E-state index in [0.717, 1.165) is 28.2 Å². The first-order chi connectivity index (χ1) is 10.2. The van der Waals surface area contributed by atoms with Gasteiger partial charge in [0.1, 0.15) is 0 Å². The molecule has 6 nitrogen and oxygen atoms in total. The standard InChI is InChI=1S/C13H13BrN4O2S/c14-9-6-16-18(7-9)4-3-15-13(21)17-10-1-2-11-12(5-10)20-8-19-11/h1-2,5-7H,3-4,8H2,(H2,15,17,21). The summed E-state index contributed by atoms with van der Waals surface area (Å²) in [7, 11) is 0. The molecule has 0 radical (unpaired) electrons.